The first-order chi connectivity index (χ1) is 11.2. The summed E-state index contributed by atoms with van der Waals surface area (Å²) >= 11 is 5.21. The number of fused-ring (bicyclic) bond motifs is 2. The van der Waals surface area contributed by atoms with Crippen LogP contribution in [0.5, 0.6) is 0 Å². The van der Waals surface area contributed by atoms with Crippen molar-refractivity contribution in [3.05, 3.63) is 70.8 Å². The quantitative estimate of drug-likeness (QED) is 0.337. The first-order valence-electron chi connectivity index (χ1n) is 7.33. The summed E-state index contributed by atoms with van der Waals surface area (Å²) in [5.74, 6) is 0.732. The van der Waals surface area contributed by atoms with Crippen LogP contribution in [0.25, 0.3) is 21.5 Å². The molecular weight excluding hydrogens is 304 g/mol. The number of hydrogen-bond donors (Lipinski definition) is 1. The van der Waals surface area contributed by atoms with E-state index in [4.69, 9.17) is 12.2 Å². The van der Waals surface area contributed by atoms with Crippen molar-refractivity contribution >= 4 is 40.0 Å². The van der Waals surface area contributed by atoms with Crippen molar-refractivity contribution < 1.29 is 0 Å². The average Bonchev–Trinajstić information content (AvgIpc) is 2.90. The number of hydrogen-bond acceptors (Lipinski definition) is 3. The number of nitrogens with one attached hydrogen (secondary N) is 1. The van der Waals surface area contributed by atoms with Crippen LogP contribution in [0.3, 0.4) is 0 Å². The lowest BCUT2D eigenvalue weighted by Crippen LogP contribution is -1.95. The maximum atomic E-state index is 5.21. The molecule has 0 saturated carbocycles. The second-order valence-electron chi connectivity index (χ2n) is 5.36. The summed E-state index contributed by atoms with van der Waals surface area (Å²) in [6.45, 7) is 1.87. The lowest BCUT2D eigenvalue weighted by atomic mass is 9.97. The molecule has 0 spiro atoms. The third-order valence-electron chi connectivity index (χ3n) is 3.93. The van der Waals surface area contributed by atoms with E-state index in [2.05, 4.69) is 45.6 Å². The molecule has 0 unspecified atom stereocenters. The van der Waals surface area contributed by atoms with Crippen molar-refractivity contribution in [2.24, 2.45) is 5.10 Å². The summed E-state index contributed by atoms with van der Waals surface area (Å²) in [6.07, 6.45) is 1.86. The van der Waals surface area contributed by atoms with Gasteiger partial charge in [0, 0.05) is 5.56 Å². The van der Waals surface area contributed by atoms with E-state index in [-0.39, 0.29) is 0 Å². The lowest BCUT2D eigenvalue weighted by Gasteiger charge is -2.07. The van der Waals surface area contributed by atoms with Crippen LogP contribution in [0.2, 0.25) is 0 Å². The molecule has 3 aromatic carbocycles. The summed E-state index contributed by atoms with van der Waals surface area (Å²) in [4.78, 5) is 0. The van der Waals surface area contributed by atoms with E-state index in [1.807, 2.05) is 37.4 Å². The zero-order chi connectivity index (χ0) is 15.8. The Labute approximate surface area is 138 Å². The molecule has 1 N–H and O–H groups in total. The highest BCUT2D eigenvalue weighted by atomic mass is 32.1. The van der Waals surface area contributed by atoms with Crippen LogP contribution in [0.4, 0.5) is 0 Å². The summed E-state index contributed by atoms with van der Waals surface area (Å²) in [5.41, 5.74) is 1.08. The molecule has 0 bridgehead atoms. The van der Waals surface area contributed by atoms with Gasteiger partial charge in [-0.05, 0) is 46.8 Å². The molecule has 0 aliphatic rings. The number of aromatic nitrogens is 3. The Morgan fingerprint density at radius 1 is 1.04 bits per heavy atom. The van der Waals surface area contributed by atoms with Gasteiger partial charge in [-0.3, -0.25) is 5.10 Å². The van der Waals surface area contributed by atoms with E-state index >= 15 is 0 Å². The molecule has 1 aromatic heterocycles. The van der Waals surface area contributed by atoms with Crippen molar-refractivity contribution in [3.63, 3.8) is 0 Å². The minimum absolute atomic E-state index is 0.489. The summed E-state index contributed by atoms with van der Waals surface area (Å²) in [7, 11) is 0. The Morgan fingerprint density at radius 3 is 2.22 bits per heavy atom. The second-order valence-corrected chi connectivity index (χ2v) is 5.75. The van der Waals surface area contributed by atoms with Gasteiger partial charge < -0.3 is 0 Å². The monoisotopic (exact) mass is 318 g/mol. The second kappa shape index (κ2) is 5.44. The van der Waals surface area contributed by atoms with Gasteiger partial charge in [0.05, 0.1) is 6.21 Å². The fourth-order valence-corrected chi connectivity index (χ4v) is 3.03. The average molecular weight is 318 g/mol. The molecular formula is C18H14N4S. The Hall–Kier alpha value is -2.79. The Bertz CT molecular complexity index is 1050. The number of aromatic amines is 1. The third kappa shape index (κ3) is 2.35. The Balaban J connectivity index is 2.02. The number of benzene rings is 3. The fourth-order valence-electron chi connectivity index (χ4n) is 2.81. The van der Waals surface area contributed by atoms with Gasteiger partial charge in [-0.2, -0.15) is 14.9 Å². The molecule has 0 saturated heterocycles. The van der Waals surface area contributed by atoms with Crippen molar-refractivity contribution in [2.45, 2.75) is 6.92 Å². The SMILES string of the molecule is Cc1n[nH]c(=S)n1/N=C\c1c2ccccc2cc2ccccc12. The van der Waals surface area contributed by atoms with Crippen LogP contribution in [-0.2, 0) is 0 Å². The Kier molecular flexibility index (Phi) is 3.28. The van der Waals surface area contributed by atoms with E-state index in [9.17, 15) is 0 Å². The minimum Gasteiger partial charge on any atom is -0.250 e. The molecule has 23 heavy (non-hydrogen) atoms. The van der Waals surface area contributed by atoms with Crippen molar-refractivity contribution in [1.29, 1.82) is 0 Å². The van der Waals surface area contributed by atoms with Crippen LogP contribution in [0.1, 0.15) is 11.4 Å². The molecule has 5 heteroatoms. The van der Waals surface area contributed by atoms with Crippen LogP contribution >= 0.6 is 12.2 Å². The van der Waals surface area contributed by atoms with Gasteiger partial charge in [0.25, 0.3) is 0 Å². The molecule has 4 aromatic rings. The minimum atomic E-state index is 0.489. The normalized spacial score (nSPS) is 11.7. The van der Waals surface area contributed by atoms with Crippen LogP contribution in [-0.4, -0.2) is 21.1 Å². The van der Waals surface area contributed by atoms with Gasteiger partial charge in [0.2, 0.25) is 4.77 Å². The zero-order valence-corrected chi connectivity index (χ0v) is 13.3. The zero-order valence-electron chi connectivity index (χ0n) is 12.5. The van der Waals surface area contributed by atoms with Gasteiger partial charge in [-0.15, -0.1) is 0 Å². The van der Waals surface area contributed by atoms with Gasteiger partial charge >= 0.3 is 0 Å². The predicted octanol–water partition coefficient (Wildman–Crippen LogP) is 4.44. The highest BCUT2D eigenvalue weighted by molar-refractivity contribution is 7.71. The van der Waals surface area contributed by atoms with E-state index < -0.39 is 0 Å². The van der Waals surface area contributed by atoms with Crippen LogP contribution < -0.4 is 0 Å². The molecule has 0 radical (unpaired) electrons. The fraction of sp³-hybridized carbons (Fsp3) is 0.0556. The highest BCUT2D eigenvalue weighted by Crippen LogP contribution is 2.27. The van der Waals surface area contributed by atoms with E-state index in [0.29, 0.717) is 4.77 Å². The number of aryl methyl sites for hydroxylation is 1. The molecule has 0 aliphatic heterocycles. The van der Waals surface area contributed by atoms with Crippen molar-refractivity contribution in [2.75, 3.05) is 0 Å². The molecule has 1 heterocycles. The van der Waals surface area contributed by atoms with Crippen molar-refractivity contribution in [3.8, 4) is 0 Å². The Morgan fingerprint density at radius 2 is 1.65 bits per heavy atom. The van der Waals surface area contributed by atoms with Gasteiger partial charge in [-0.25, -0.2) is 0 Å². The summed E-state index contributed by atoms with van der Waals surface area (Å²) in [6, 6.07) is 18.9. The van der Waals surface area contributed by atoms with E-state index in [1.54, 1.807) is 4.68 Å². The number of rotatable bonds is 2. The number of nitrogens with zero attached hydrogens (tertiary/aromatic N) is 3. The summed E-state index contributed by atoms with van der Waals surface area (Å²) < 4.78 is 2.12. The molecule has 0 fully saturated rings. The predicted molar refractivity (Wildman–Crippen MR) is 96.6 cm³/mol. The largest absolute Gasteiger partial charge is 0.250 e. The van der Waals surface area contributed by atoms with Gasteiger partial charge in [0.15, 0.2) is 0 Å². The third-order valence-corrected chi connectivity index (χ3v) is 4.19. The highest BCUT2D eigenvalue weighted by Gasteiger charge is 2.06. The molecule has 4 nitrogen and oxygen atoms in total. The molecule has 0 atom stereocenters. The maximum Gasteiger partial charge on any atom is 0.216 e. The standard InChI is InChI=1S/C18H14N4S/c1-12-20-21-18(23)22(12)19-11-17-15-8-4-2-6-13(15)10-14-7-3-5-9-16(14)17/h2-11H,1H3,(H,21,23)/b19-11-. The molecule has 0 amide bonds. The molecule has 4 rings (SSSR count). The maximum absolute atomic E-state index is 5.21. The lowest BCUT2D eigenvalue weighted by molar-refractivity contribution is 0.821. The van der Waals surface area contributed by atoms with Gasteiger partial charge in [0.1, 0.15) is 5.82 Å². The molecule has 0 aliphatic carbocycles. The topological polar surface area (TPSA) is 46.0 Å². The number of H-pyrrole nitrogens is 1. The first kappa shape index (κ1) is 13.8. The van der Waals surface area contributed by atoms with E-state index in [1.165, 1.54) is 21.5 Å². The smallest absolute Gasteiger partial charge is 0.216 e. The van der Waals surface area contributed by atoms with Crippen LogP contribution in [0.15, 0.2) is 59.7 Å². The summed E-state index contributed by atoms with van der Waals surface area (Å²) in [5, 5.41) is 16.1. The molecule has 112 valence electrons. The van der Waals surface area contributed by atoms with Crippen LogP contribution in [0, 0.1) is 11.7 Å². The first-order valence-corrected chi connectivity index (χ1v) is 7.74. The van der Waals surface area contributed by atoms with E-state index in [0.717, 1.165) is 11.4 Å². The van der Waals surface area contributed by atoms with Crippen molar-refractivity contribution in [1.82, 2.24) is 14.9 Å². The van der Waals surface area contributed by atoms with Gasteiger partial charge in [-0.1, -0.05) is 48.5 Å².